The molecule has 134 valence electrons. The van der Waals surface area contributed by atoms with Gasteiger partial charge in [-0.3, -0.25) is 9.79 Å². The van der Waals surface area contributed by atoms with E-state index in [1.54, 1.807) is 25.5 Å². The molecule has 0 unspecified atom stereocenters. The molecule has 25 heavy (non-hydrogen) atoms. The molecular weight excluding hydrogens is 336 g/mol. The molecule has 1 aromatic heterocycles. The third-order valence-electron chi connectivity index (χ3n) is 3.50. The summed E-state index contributed by atoms with van der Waals surface area (Å²) in [5.74, 6) is 1.25. The summed E-state index contributed by atoms with van der Waals surface area (Å²) in [6, 6.07) is 9.88. The van der Waals surface area contributed by atoms with Crippen LogP contribution in [0.2, 0.25) is 0 Å². The number of thiophene rings is 1. The van der Waals surface area contributed by atoms with Crippen LogP contribution in [0.4, 0.5) is 5.69 Å². The molecule has 0 bridgehead atoms. The Morgan fingerprint density at radius 3 is 2.76 bits per heavy atom. The predicted octanol–water partition coefficient (Wildman–Crippen LogP) is 2.62. The van der Waals surface area contributed by atoms with Gasteiger partial charge in [0.1, 0.15) is 5.75 Å². The number of hydrogen-bond acceptors (Lipinski definition) is 4. The van der Waals surface area contributed by atoms with E-state index in [-0.39, 0.29) is 5.91 Å². The first-order chi connectivity index (χ1) is 12.1. The maximum absolute atomic E-state index is 11.3. The molecule has 0 aliphatic rings. The van der Waals surface area contributed by atoms with Gasteiger partial charge in [-0.05, 0) is 35.6 Å². The lowest BCUT2D eigenvalue weighted by atomic mass is 10.2. The average molecular weight is 360 g/mol. The third-order valence-corrected chi connectivity index (χ3v) is 4.44. The molecule has 1 heterocycles. The van der Waals surface area contributed by atoms with Crippen molar-refractivity contribution < 1.29 is 9.53 Å². The van der Waals surface area contributed by atoms with Crippen molar-refractivity contribution in [2.75, 3.05) is 26.0 Å². The molecule has 1 amide bonds. The number of nitrogens with zero attached hydrogens (tertiary/aromatic N) is 1. The van der Waals surface area contributed by atoms with E-state index in [2.05, 4.69) is 38.5 Å². The van der Waals surface area contributed by atoms with E-state index in [1.807, 2.05) is 18.2 Å². The van der Waals surface area contributed by atoms with E-state index in [0.29, 0.717) is 18.0 Å². The van der Waals surface area contributed by atoms with E-state index in [1.165, 1.54) is 11.8 Å². The number of carbonyl (C=O) groups excluding carboxylic acids is 1. The summed E-state index contributed by atoms with van der Waals surface area (Å²) in [7, 11) is 3.33. The van der Waals surface area contributed by atoms with Crippen molar-refractivity contribution in [1.82, 2.24) is 10.6 Å². The SMILES string of the molecule is CN=C(NCCc1cccs1)NCc1ccc(OC)c(NC(C)=O)c1. The highest BCUT2D eigenvalue weighted by atomic mass is 32.1. The first kappa shape index (κ1) is 18.8. The van der Waals surface area contributed by atoms with Crippen LogP contribution in [0.1, 0.15) is 17.4 Å². The summed E-state index contributed by atoms with van der Waals surface area (Å²) in [6.45, 7) is 2.89. The molecule has 0 spiro atoms. The van der Waals surface area contributed by atoms with E-state index < -0.39 is 0 Å². The van der Waals surface area contributed by atoms with Gasteiger partial charge in [0.25, 0.3) is 0 Å². The molecule has 0 aliphatic heterocycles. The Balaban J connectivity index is 1.88. The van der Waals surface area contributed by atoms with E-state index in [0.717, 1.165) is 24.5 Å². The van der Waals surface area contributed by atoms with Gasteiger partial charge in [0, 0.05) is 31.9 Å². The summed E-state index contributed by atoms with van der Waals surface area (Å²) < 4.78 is 5.27. The van der Waals surface area contributed by atoms with Crippen LogP contribution in [-0.2, 0) is 17.8 Å². The van der Waals surface area contributed by atoms with Crippen LogP contribution >= 0.6 is 11.3 Å². The van der Waals surface area contributed by atoms with Crippen LogP contribution in [0.15, 0.2) is 40.7 Å². The zero-order valence-electron chi connectivity index (χ0n) is 14.8. The number of amides is 1. The fourth-order valence-corrected chi connectivity index (χ4v) is 3.03. The smallest absolute Gasteiger partial charge is 0.221 e. The molecule has 6 nitrogen and oxygen atoms in total. The van der Waals surface area contributed by atoms with Gasteiger partial charge >= 0.3 is 0 Å². The highest BCUT2D eigenvalue weighted by Crippen LogP contribution is 2.25. The maximum Gasteiger partial charge on any atom is 0.221 e. The van der Waals surface area contributed by atoms with Crippen LogP contribution in [0.25, 0.3) is 0 Å². The molecule has 2 aromatic rings. The molecule has 7 heteroatoms. The summed E-state index contributed by atoms with van der Waals surface area (Å²) in [4.78, 5) is 16.9. The number of methoxy groups -OCH3 is 1. The van der Waals surface area contributed by atoms with Gasteiger partial charge in [0.05, 0.1) is 12.8 Å². The van der Waals surface area contributed by atoms with E-state index in [9.17, 15) is 4.79 Å². The van der Waals surface area contributed by atoms with Gasteiger partial charge < -0.3 is 20.7 Å². The number of aliphatic imine (C=N–C) groups is 1. The minimum atomic E-state index is -0.130. The maximum atomic E-state index is 11.3. The van der Waals surface area contributed by atoms with E-state index in [4.69, 9.17) is 4.74 Å². The van der Waals surface area contributed by atoms with Gasteiger partial charge in [0.15, 0.2) is 5.96 Å². The number of anilines is 1. The minimum Gasteiger partial charge on any atom is -0.495 e. The molecule has 3 N–H and O–H groups in total. The van der Waals surface area contributed by atoms with Crippen molar-refractivity contribution in [2.24, 2.45) is 4.99 Å². The highest BCUT2D eigenvalue weighted by Gasteiger charge is 2.07. The van der Waals surface area contributed by atoms with Crippen LogP contribution in [0, 0.1) is 0 Å². The van der Waals surface area contributed by atoms with Gasteiger partial charge in [-0.1, -0.05) is 12.1 Å². The predicted molar refractivity (Wildman–Crippen MR) is 104 cm³/mol. The van der Waals surface area contributed by atoms with Crippen molar-refractivity contribution in [1.29, 1.82) is 0 Å². The van der Waals surface area contributed by atoms with Gasteiger partial charge in [-0.25, -0.2) is 0 Å². The number of benzene rings is 1. The van der Waals surface area contributed by atoms with Gasteiger partial charge in [0.2, 0.25) is 5.91 Å². The molecule has 0 radical (unpaired) electrons. The topological polar surface area (TPSA) is 74.8 Å². The van der Waals surface area contributed by atoms with Crippen molar-refractivity contribution in [3.63, 3.8) is 0 Å². The fourth-order valence-electron chi connectivity index (χ4n) is 2.32. The zero-order chi connectivity index (χ0) is 18.1. The number of carbonyl (C=O) groups is 1. The number of hydrogen-bond donors (Lipinski definition) is 3. The second kappa shape index (κ2) is 9.68. The Morgan fingerprint density at radius 1 is 1.28 bits per heavy atom. The normalized spacial score (nSPS) is 11.1. The molecule has 0 atom stereocenters. The fraction of sp³-hybridized carbons (Fsp3) is 0.333. The average Bonchev–Trinajstić information content (AvgIpc) is 3.11. The summed E-state index contributed by atoms with van der Waals surface area (Å²) in [6.07, 6.45) is 0.966. The second-order valence-electron chi connectivity index (χ2n) is 5.40. The number of ether oxygens (including phenoxy) is 1. The number of nitrogens with one attached hydrogen (secondary N) is 3. The quantitative estimate of drug-likeness (QED) is 0.524. The third kappa shape index (κ3) is 6.11. The Labute approximate surface area is 152 Å². The summed E-state index contributed by atoms with van der Waals surface area (Å²) in [5.41, 5.74) is 1.68. The first-order valence-electron chi connectivity index (χ1n) is 8.03. The van der Waals surface area contributed by atoms with Crippen molar-refractivity contribution in [2.45, 2.75) is 19.9 Å². The van der Waals surface area contributed by atoms with Crippen molar-refractivity contribution in [3.05, 3.63) is 46.2 Å². The number of guanidine groups is 1. The monoisotopic (exact) mass is 360 g/mol. The molecule has 0 aliphatic carbocycles. The van der Waals surface area contributed by atoms with Crippen molar-refractivity contribution in [3.8, 4) is 5.75 Å². The Bertz CT molecular complexity index is 714. The van der Waals surface area contributed by atoms with Gasteiger partial charge in [-0.2, -0.15) is 0 Å². The van der Waals surface area contributed by atoms with Crippen LogP contribution in [0.3, 0.4) is 0 Å². The minimum absolute atomic E-state index is 0.130. The molecular formula is C18H24N4O2S. The first-order valence-corrected chi connectivity index (χ1v) is 8.91. The van der Waals surface area contributed by atoms with E-state index >= 15 is 0 Å². The molecule has 2 rings (SSSR count). The Kier molecular flexibility index (Phi) is 7.28. The molecule has 0 fully saturated rings. The highest BCUT2D eigenvalue weighted by molar-refractivity contribution is 7.09. The molecule has 0 saturated carbocycles. The van der Waals surface area contributed by atoms with Gasteiger partial charge in [-0.15, -0.1) is 11.3 Å². The lowest BCUT2D eigenvalue weighted by Crippen LogP contribution is -2.37. The standard InChI is InChI=1S/C18H24N4O2S/c1-13(23)22-16-11-14(6-7-17(16)24-3)12-21-18(19-2)20-9-8-15-5-4-10-25-15/h4-7,10-11H,8-9,12H2,1-3H3,(H,22,23)(H2,19,20,21). The number of rotatable bonds is 7. The second-order valence-corrected chi connectivity index (χ2v) is 6.43. The lowest BCUT2D eigenvalue weighted by Gasteiger charge is -2.14. The van der Waals surface area contributed by atoms with Crippen LogP contribution < -0.4 is 20.7 Å². The Hall–Kier alpha value is -2.54. The summed E-state index contributed by atoms with van der Waals surface area (Å²) >= 11 is 1.76. The Morgan fingerprint density at radius 2 is 2.12 bits per heavy atom. The lowest BCUT2D eigenvalue weighted by molar-refractivity contribution is -0.114. The van der Waals surface area contributed by atoms with Crippen LogP contribution in [0.5, 0.6) is 5.75 Å². The summed E-state index contributed by atoms with van der Waals surface area (Å²) in [5, 5.41) is 11.4. The molecule has 1 aromatic carbocycles. The largest absolute Gasteiger partial charge is 0.495 e. The molecule has 0 saturated heterocycles. The van der Waals surface area contributed by atoms with Crippen LogP contribution in [-0.4, -0.2) is 32.6 Å². The van der Waals surface area contributed by atoms with Crippen molar-refractivity contribution >= 4 is 28.9 Å². The zero-order valence-corrected chi connectivity index (χ0v) is 15.6.